The molecule has 32 heavy (non-hydrogen) atoms. The topological polar surface area (TPSA) is 79.4 Å². The molecule has 4 rings (SSSR count). The summed E-state index contributed by atoms with van der Waals surface area (Å²) in [6.07, 6.45) is 6.94. The van der Waals surface area contributed by atoms with Gasteiger partial charge in [0.1, 0.15) is 18.0 Å². The number of thioether (sulfide) groups is 1. The van der Waals surface area contributed by atoms with Crippen LogP contribution in [0.25, 0.3) is 6.08 Å². The summed E-state index contributed by atoms with van der Waals surface area (Å²) in [5.41, 5.74) is 1.61. The Balaban J connectivity index is 1.56. The average Bonchev–Trinajstić information content (AvgIpc) is 3.44. The molecule has 1 aromatic carbocycles. The van der Waals surface area contributed by atoms with E-state index in [1.54, 1.807) is 25.2 Å². The Kier molecular flexibility index (Phi) is 6.93. The van der Waals surface area contributed by atoms with E-state index >= 15 is 0 Å². The Labute approximate surface area is 192 Å². The van der Waals surface area contributed by atoms with E-state index in [4.69, 9.17) is 9.47 Å². The lowest BCUT2D eigenvalue weighted by Gasteiger charge is -2.27. The van der Waals surface area contributed by atoms with Gasteiger partial charge in [0.25, 0.3) is 11.1 Å². The Morgan fingerprint density at radius 1 is 0.969 bits per heavy atom. The van der Waals surface area contributed by atoms with Crippen LogP contribution in [0.4, 0.5) is 10.5 Å². The van der Waals surface area contributed by atoms with E-state index in [1.165, 1.54) is 0 Å². The van der Waals surface area contributed by atoms with Crippen LogP contribution in [0.1, 0.15) is 37.7 Å². The molecule has 0 bridgehead atoms. The minimum absolute atomic E-state index is 0.178. The maximum Gasteiger partial charge on any atom is 0.294 e. The summed E-state index contributed by atoms with van der Waals surface area (Å²) >= 11 is 0.848. The van der Waals surface area contributed by atoms with Gasteiger partial charge in [-0.15, -0.1) is 0 Å². The van der Waals surface area contributed by atoms with Gasteiger partial charge in [0, 0.05) is 37.8 Å². The molecule has 0 aromatic heterocycles. The van der Waals surface area contributed by atoms with Crippen molar-refractivity contribution < 1.29 is 23.9 Å². The molecule has 3 fully saturated rings. The number of carbonyl (C=O) groups is 3. The summed E-state index contributed by atoms with van der Waals surface area (Å²) in [5, 5.41) is -0.425. The molecule has 3 aliphatic heterocycles. The average molecular weight is 460 g/mol. The van der Waals surface area contributed by atoms with Crippen molar-refractivity contribution in [3.8, 4) is 11.5 Å². The first kappa shape index (κ1) is 22.5. The van der Waals surface area contributed by atoms with Crippen LogP contribution in [-0.4, -0.2) is 73.8 Å². The van der Waals surface area contributed by atoms with E-state index in [2.05, 4.69) is 4.90 Å². The SMILES string of the molecule is COc1cc(N2CCCC2)c(OC)cc1/C=C1\SC(=O)N(CC(=O)N2CCCCC2)C1=O. The van der Waals surface area contributed by atoms with Gasteiger partial charge in [-0.3, -0.25) is 19.3 Å². The normalized spacial score (nSPS) is 20.4. The summed E-state index contributed by atoms with van der Waals surface area (Å²) in [6.45, 7) is 3.08. The molecule has 172 valence electrons. The van der Waals surface area contributed by atoms with Crippen LogP contribution in [0.3, 0.4) is 0 Å². The van der Waals surface area contributed by atoms with Crippen LogP contribution >= 0.6 is 11.8 Å². The second-order valence-corrected chi connectivity index (χ2v) is 9.16. The van der Waals surface area contributed by atoms with Crippen LogP contribution in [-0.2, 0) is 9.59 Å². The highest BCUT2D eigenvalue weighted by Gasteiger charge is 2.37. The molecule has 0 spiro atoms. The number of hydrogen-bond acceptors (Lipinski definition) is 7. The number of benzene rings is 1. The molecule has 3 heterocycles. The van der Waals surface area contributed by atoms with Gasteiger partial charge in [-0.2, -0.15) is 0 Å². The number of imide groups is 1. The number of rotatable bonds is 6. The molecule has 3 saturated heterocycles. The summed E-state index contributed by atoms with van der Waals surface area (Å²) in [4.78, 5) is 43.3. The molecular formula is C23H29N3O5S. The van der Waals surface area contributed by atoms with Crippen molar-refractivity contribution in [1.29, 1.82) is 0 Å². The van der Waals surface area contributed by atoms with E-state index in [0.717, 1.165) is 67.5 Å². The van der Waals surface area contributed by atoms with Crippen LogP contribution in [0.15, 0.2) is 17.0 Å². The van der Waals surface area contributed by atoms with E-state index < -0.39 is 11.1 Å². The predicted octanol–water partition coefficient (Wildman–Crippen LogP) is 3.35. The number of methoxy groups -OCH3 is 2. The number of hydrogen-bond donors (Lipinski definition) is 0. The quantitative estimate of drug-likeness (QED) is 0.604. The van der Waals surface area contributed by atoms with Crippen molar-refractivity contribution in [3.05, 3.63) is 22.6 Å². The third-order valence-electron chi connectivity index (χ3n) is 6.14. The molecule has 8 nitrogen and oxygen atoms in total. The summed E-state index contributed by atoms with van der Waals surface area (Å²) in [6, 6.07) is 3.75. The van der Waals surface area contributed by atoms with Crippen molar-refractivity contribution in [2.24, 2.45) is 0 Å². The fraction of sp³-hybridized carbons (Fsp3) is 0.522. The van der Waals surface area contributed by atoms with Crippen LogP contribution in [0, 0.1) is 0 Å². The molecular weight excluding hydrogens is 430 g/mol. The van der Waals surface area contributed by atoms with Gasteiger partial charge in [-0.1, -0.05) is 0 Å². The van der Waals surface area contributed by atoms with Gasteiger partial charge < -0.3 is 19.3 Å². The highest BCUT2D eigenvalue weighted by molar-refractivity contribution is 8.18. The van der Waals surface area contributed by atoms with Gasteiger partial charge in [-0.05, 0) is 56.0 Å². The molecule has 9 heteroatoms. The van der Waals surface area contributed by atoms with E-state index in [1.807, 2.05) is 12.1 Å². The number of anilines is 1. The summed E-state index contributed by atoms with van der Waals surface area (Å²) in [5.74, 6) is 0.666. The highest BCUT2D eigenvalue weighted by Crippen LogP contribution is 2.40. The largest absolute Gasteiger partial charge is 0.496 e. The lowest BCUT2D eigenvalue weighted by Crippen LogP contribution is -2.44. The van der Waals surface area contributed by atoms with Crippen molar-refractivity contribution >= 4 is 40.6 Å². The van der Waals surface area contributed by atoms with Gasteiger partial charge >= 0.3 is 0 Å². The van der Waals surface area contributed by atoms with Crippen molar-refractivity contribution in [3.63, 3.8) is 0 Å². The number of ether oxygens (including phenoxy) is 2. The minimum Gasteiger partial charge on any atom is -0.496 e. The zero-order valence-electron chi connectivity index (χ0n) is 18.6. The van der Waals surface area contributed by atoms with E-state index in [9.17, 15) is 14.4 Å². The first-order valence-corrected chi connectivity index (χ1v) is 11.9. The zero-order valence-corrected chi connectivity index (χ0v) is 19.4. The number of piperidine rings is 1. The van der Waals surface area contributed by atoms with Crippen LogP contribution in [0.2, 0.25) is 0 Å². The fourth-order valence-corrected chi connectivity index (χ4v) is 5.21. The predicted molar refractivity (Wildman–Crippen MR) is 124 cm³/mol. The Morgan fingerprint density at radius 2 is 1.62 bits per heavy atom. The summed E-state index contributed by atoms with van der Waals surface area (Å²) in [7, 11) is 3.20. The zero-order chi connectivity index (χ0) is 22.7. The minimum atomic E-state index is -0.449. The monoisotopic (exact) mass is 459 g/mol. The number of likely N-dealkylation sites (tertiary alicyclic amines) is 1. The highest BCUT2D eigenvalue weighted by atomic mass is 32.2. The first-order valence-electron chi connectivity index (χ1n) is 11.1. The third kappa shape index (κ3) is 4.57. The Bertz CT molecular complexity index is 936. The van der Waals surface area contributed by atoms with Gasteiger partial charge in [0.05, 0.1) is 24.8 Å². The molecule has 0 radical (unpaired) electrons. The third-order valence-corrected chi connectivity index (χ3v) is 7.05. The van der Waals surface area contributed by atoms with Crippen LogP contribution in [0.5, 0.6) is 11.5 Å². The molecule has 0 aliphatic carbocycles. The van der Waals surface area contributed by atoms with Crippen molar-refractivity contribution in [2.45, 2.75) is 32.1 Å². The van der Waals surface area contributed by atoms with E-state index in [0.29, 0.717) is 30.2 Å². The molecule has 0 N–H and O–H groups in total. The molecule has 0 saturated carbocycles. The molecule has 0 unspecified atom stereocenters. The molecule has 3 amide bonds. The lowest BCUT2D eigenvalue weighted by atomic mass is 10.1. The van der Waals surface area contributed by atoms with Crippen LogP contribution < -0.4 is 14.4 Å². The fourth-order valence-electron chi connectivity index (χ4n) is 4.38. The molecule has 0 atom stereocenters. The number of nitrogens with zero attached hydrogens (tertiary/aromatic N) is 3. The summed E-state index contributed by atoms with van der Waals surface area (Å²) < 4.78 is 11.2. The van der Waals surface area contributed by atoms with Crippen molar-refractivity contribution in [2.75, 3.05) is 51.8 Å². The number of carbonyl (C=O) groups excluding carboxylic acids is 3. The van der Waals surface area contributed by atoms with Crippen molar-refractivity contribution in [1.82, 2.24) is 9.80 Å². The Hall–Kier alpha value is -2.68. The lowest BCUT2D eigenvalue weighted by molar-refractivity contribution is -0.136. The van der Waals surface area contributed by atoms with Gasteiger partial charge in [0.15, 0.2) is 0 Å². The van der Waals surface area contributed by atoms with E-state index in [-0.39, 0.29) is 17.4 Å². The maximum absolute atomic E-state index is 12.9. The maximum atomic E-state index is 12.9. The van der Waals surface area contributed by atoms with Gasteiger partial charge in [-0.25, -0.2) is 0 Å². The second-order valence-electron chi connectivity index (χ2n) is 8.17. The molecule has 1 aromatic rings. The first-order chi connectivity index (χ1) is 15.5. The standard InChI is InChI=1S/C23H29N3O5S/c1-30-18-14-17(24-8-6-7-9-24)19(31-2)12-16(18)13-20-22(28)26(23(29)32-20)15-21(27)25-10-4-3-5-11-25/h12-14H,3-11,15H2,1-2H3/b20-13-. The molecule has 3 aliphatic rings. The Morgan fingerprint density at radius 3 is 2.28 bits per heavy atom. The second kappa shape index (κ2) is 9.85. The van der Waals surface area contributed by atoms with Gasteiger partial charge in [0.2, 0.25) is 5.91 Å². The smallest absolute Gasteiger partial charge is 0.294 e. The number of amides is 3.